The second kappa shape index (κ2) is 7.66. The molecule has 0 unspecified atom stereocenters. The lowest BCUT2D eigenvalue weighted by Crippen LogP contribution is -2.35. The molecule has 0 aromatic heterocycles. The van der Waals surface area contributed by atoms with E-state index >= 15 is 0 Å². The van der Waals surface area contributed by atoms with Crippen LogP contribution in [0.25, 0.3) is 6.08 Å². The highest BCUT2D eigenvalue weighted by atomic mass is 127. The first-order valence-corrected chi connectivity index (χ1v) is 8.63. The summed E-state index contributed by atoms with van der Waals surface area (Å²) in [5, 5.41) is 10.0. The molecule has 0 spiro atoms. The van der Waals surface area contributed by atoms with Crippen LogP contribution in [-0.2, 0) is 9.59 Å². The normalized spacial score (nSPS) is 15.6. The van der Waals surface area contributed by atoms with Gasteiger partial charge >= 0.3 is 0 Å². The van der Waals surface area contributed by atoms with Crippen molar-refractivity contribution in [3.63, 3.8) is 0 Å². The molecule has 0 atom stereocenters. The van der Waals surface area contributed by atoms with Crippen molar-refractivity contribution in [1.82, 2.24) is 5.43 Å². The zero-order valence-electron chi connectivity index (χ0n) is 13.1. The van der Waals surface area contributed by atoms with Crippen molar-refractivity contribution in [2.45, 2.75) is 0 Å². The number of nitrogens with one attached hydrogen (secondary N) is 1. The molecule has 3 rings (SSSR count). The standard InChI is InChI=1S/C18H15IN2O4/c19-13-4-6-14(7-5-13)21-18(24)16(17(23)20-21)11-12-2-1-3-15(10-12)25-9-8-22/h1-7,10-11,22H,8-9H2,(H,20,23). The highest BCUT2D eigenvalue weighted by Crippen LogP contribution is 2.23. The Morgan fingerprint density at radius 2 is 1.92 bits per heavy atom. The van der Waals surface area contributed by atoms with Gasteiger partial charge in [0.25, 0.3) is 11.8 Å². The SMILES string of the molecule is O=C1NN(c2ccc(I)cc2)C(=O)C1=Cc1cccc(OCCO)c1. The van der Waals surface area contributed by atoms with Gasteiger partial charge in [0.15, 0.2) is 0 Å². The molecule has 1 saturated heterocycles. The van der Waals surface area contributed by atoms with Gasteiger partial charge < -0.3 is 9.84 Å². The van der Waals surface area contributed by atoms with Crippen molar-refractivity contribution >= 4 is 46.2 Å². The predicted molar refractivity (Wildman–Crippen MR) is 102 cm³/mol. The molecular weight excluding hydrogens is 435 g/mol. The van der Waals surface area contributed by atoms with Crippen LogP contribution in [0.5, 0.6) is 5.75 Å². The van der Waals surface area contributed by atoms with E-state index in [2.05, 4.69) is 28.0 Å². The van der Waals surface area contributed by atoms with Gasteiger partial charge in [0.1, 0.15) is 17.9 Å². The first kappa shape index (κ1) is 17.4. The molecule has 1 aliphatic heterocycles. The number of halogens is 1. The molecule has 0 saturated carbocycles. The van der Waals surface area contributed by atoms with Gasteiger partial charge in [-0.05, 0) is 70.6 Å². The summed E-state index contributed by atoms with van der Waals surface area (Å²) in [7, 11) is 0. The van der Waals surface area contributed by atoms with Crippen molar-refractivity contribution in [2.75, 3.05) is 18.2 Å². The summed E-state index contributed by atoms with van der Waals surface area (Å²) in [6.45, 7) is 0.0945. The third-order valence-corrected chi connectivity index (χ3v) is 4.22. The molecule has 2 N–H and O–H groups in total. The van der Waals surface area contributed by atoms with Crippen LogP contribution in [0, 0.1) is 3.57 Å². The molecule has 6 nitrogen and oxygen atoms in total. The molecular formula is C18H15IN2O4. The van der Waals surface area contributed by atoms with Gasteiger partial charge in [-0.15, -0.1) is 0 Å². The number of nitrogens with zero attached hydrogens (tertiary/aromatic N) is 1. The third kappa shape index (κ3) is 3.99. The molecule has 2 amide bonds. The zero-order valence-corrected chi connectivity index (χ0v) is 15.3. The van der Waals surface area contributed by atoms with Gasteiger partial charge in [0.05, 0.1) is 12.3 Å². The van der Waals surface area contributed by atoms with Crippen molar-refractivity contribution < 1.29 is 19.4 Å². The third-order valence-electron chi connectivity index (χ3n) is 3.51. The number of carbonyl (C=O) groups is 2. The van der Waals surface area contributed by atoms with Crippen molar-refractivity contribution in [2.24, 2.45) is 0 Å². The Balaban J connectivity index is 1.85. The van der Waals surface area contributed by atoms with E-state index in [4.69, 9.17) is 9.84 Å². The largest absolute Gasteiger partial charge is 0.491 e. The average Bonchev–Trinajstić information content (AvgIpc) is 2.89. The highest BCUT2D eigenvalue weighted by molar-refractivity contribution is 14.1. The van der Waals surface area contributed by atoms with E-state index in [-0.39, 0.29) is 18.8 Å². The van der Waals surface area contributed by atoms with Crippen LogP contribution in [0.2, 0.25) is 0 Å². The summed E-state index contributed by atoms with van der Waals surface area (Å²) in [6.07, 6.45) is 1.52. The number of benzene rings is 2. The Hall–Kier alpha value is -2.39. The lowest BCUT2D eigenvalue weighted by atomic mass is 10.1. The number of ether oxygens (including phenoxy) is 1. The number of amides is 2. The van der Waals surface area contributed by atoms with E-state index in [1.807, 2.05) is 12.1 Å². The second-order valence-electron chi connectivity index (χ2n) is 5.26. The minimum Gasteiger partial charge on any atom is -0.491 e. The summed E-state index contributed by atoms with van der Waals surface area (Å²) in [5.41, 5.74) is 3.89. The molecule has 128 valence electrons. The van der Waals surface area contributed by atoms with Gasteiger partial charge in [-0.25, -0.2) is 5.01 Å². The Kier molecular flexibility index (Phi) is 5.34. The number of anilines is 1. The van der Waals surface area contributed by atoms with E-state index in [0.29, 0.717) is 17.0 Å². The first-order chi connectivity index (χ1) is 12.1. The summed E-state index contributed by atoms with van der Waals surface area (Å²) < 4.78 is 6.38. The summed E-state index contributed by atoms with van der Waals surface area (Å²) >= 11 is 2.17. The molecule has 2 aromatic carbocycles. The van der Waals surface area contributed by atoms with E-state index in [0.717, 1.165) is 3.57 Å². The Labute approximate surface area is 158 Å². The molecule has 0 radical (unpaired) electrons. The van der Waals surface area contributed by atoms with Crippen molar-refractivity contribution in [3.8, 4) is 5.75 Å². The maximum atomic E-state index is 12.6. The number of carbonyl (C=O) groups excluding carboxylic acids is 2. The summed E-state index contributed by atoms with van der Waals surface area (Å²) in [6, 6.07) is 14.2. The number of aliphatic hydroxyl groups is 1. The van der Waals surface area contributed by atoms with Crippen LogP contribution in [-0.4, -0.2) is 30.1 Å². The van der Waals surface area contributed by atoms with Crippen LogP contribution >= 0.6 is 22.6 Å². The van der Waals surface area contributed by atoms with Crippen LogP contribution < -0.4 is 15.2 Å². The number of rotatable bonds is 5. The molecule has 1 aliphatic rings. The quantitative estimate of drug-likeness (QED) is 0.416. The maximum absolute atomic E-state index is 12.6. The minimum absolute atomic E-state index is 0.0536. The van der Waals surface area contributed by atoms with Crippen molar-refractivity contribution in [1.29, 1.82) is 0 Å². The topological polar surface area (TPSA) is 78.9 Å². The minimum atomic E-state index is -0.453. The Morgan fingerprint density at radius 3 is 2.64 bits per heavy atom. The molecule has 2 aromatic rings. The fourth-order valence-electron chi connectivity index (χ4n) is 2.35. The first-order valence-electron chi connectivity index (χ1n) is 7.55. The van der Waals surface area contributed by atoms with Crippen LogP contribution in [0.1, 0.15) is 5.56 Å². The number of aliphatic hydroxyl groups excluding tert-OH is 1. The Bertz CT molecular complexity index is 833. The van der Waals surface area contributed by atoms with Gasteiger partial charge in [-0.2, -0.15) is 0 Å². The van der Waals surface area contributed by atoms with Crippen LogP contribution in [0.3, 0.4) is 0 Å². The van der Waals surface area contributed by atoms with Gasteiger partial charge in [-0.1, -0.05) is 12.1 Å². The fraction of sp³-hybridized carbons (Fsp3) is 0.111. The molecule has 7 heteroatoms. The number of hydrazine groups is 1. The van der Waals surface area contributed by atoms with E-state index < -0.39 is 11.8 Å². The van der Waals surface area contributed by atoms with Gasteiger partial charge in [0.2, 0.25) is 0 Å². The van der Waals surface area contributed by atoms with E-state index in [1.54, 1.807) is 36.4 Å². The molecule has 1 fully saturated rings. The van der Waals surface area contributed by atoms with Crippen LogP contribution in [0.4, 0.5) is 5.69 Å². The zero-order chi connectivity index (χ0) is 17.8. The lowest BCUT2D eigenvalue weighted by molar-refractivity contribution is -0.117. The maximum Gasteiger partial charge on any atom is 0.282 e. The lowest BCUT2D eigenvalue weighted by Gasteiger charge is -2.14. The smallest absolute Gasteiger partial charge is 0.282 e. The van der Waals surface area contributed by atoms with Gasteiger partial charge in [-0.3, -0.25) is 15.0 Å². The van der Waals surface area contributed by atoms with E-state index in [9.17, 15) is 9.59 Å². The van der Waals surface area contributed by atoms with Gasteiger partial charge in [0, 0.05) is 3.57 Å². The molecule has 25 heavy (non-hydrogen) atoms. The second-order valence-corrected chi connectivity index (χ2v) is 6.51. The Morgan fingerprint density at radius 1 is 1.16 bits per heavy atom. The van der Waals surface area contributed by atoms with Crippen LogP contribution in [0.15, 0.2) is 54.1 Å². The number of hydrogen-bond acceptors (Lipinski definition) is 4. The summed E-state index contributed by atoms with van der Waals surface area (Å²) in [4.78, 5) is 24.8. The van der Waals surface area contributed by atoms with E-state index in [1.165, 1.54) is 11.1 Å². The average molecular weight is 450 g/mol. The fourth-order valence-corrected chi connectivity index (χ4v) is 2.71. The number of hydrogen-bond donors (Lipinski definition) is 2. The highest BCUT2D eigenvalue weighted by Gasteiger charge is 2.34. The summed E-state index contributed by atoms with van der Waals surface area (Å²) in [5.74, 6) is -0.304. The predicted octanol–water partition coefficient (Wildman–Crippen LogP) is 2.12. The molecule has 0 aliphatic carbocycles. The molecule has 1 heterocycles. The molecule has 0 bridgehead atoms. The monoisotopic (exact) mass is 450 g/mol. The van der Waals surface area contributed by atoms with Crippen molar-refractivity contribution in [3.05, 3.63) is 63.2 Å².